The summed E-state index contributed by atoms with van der Waals surface area (Å²) < 4.78 is 28.4. The van der Waals surface area contributed by atoms with Crippen LogP contribution in [-0.2, 0) is 6.54 Å². The summed E-state index contributed by atoms with van der Waals surface area (Å²) in [7, 11) is 0. The zero-order valence-electron chi connectivity index (χ0n) is 8.68. The van der Waals surface area contributed by atoms with Crippen LogP contribution in [-0.4, -0.2) is 15.6 Å². The van der Waals surface area contributed by atoms with Crippen LogP contribution in [0.25, 0.3) is 0 Å². The normalized spacial score (nSPS) is 10.5. The highest BCUT2D eigenvalue weighted by molar-refractivity contribution is 5.96. The minimum atomic E-state index is -0.886. The molecule has 2 N–H and O–H groups in total. The Morgan fingerprint density at radius 3 is 2.82 bits per heavy atom. The van der Waals surface area contributed by atoms with Crippen molar-refractivity contribution in [3.8, 4) is 0 Å². The van der Waals surface area contributed by atoms with Crippen molar-refractivity contribution in [1.82, 2.24) is 9.78 Å². The van der Waals surface area contributed by atoms with Crippen molar-refractivity contribution in [1.29, 1.82) is 0 Å². The number of benzene rings is 1. The van der Waals surface area contributed by atoms with Gasteiger partial charge in [-0.15, -0.1) is 9.36 Å². The van der Waals surface area contributed by atoms with E-state index in [2.05, 4.69) is 5.10 Å². The number of Topliss-reactive ketones (excluding diaryl/α,β-unsaturated/α-hetero) is 1. The molecule has 0 radical (unpaired) electrons. The Labute approximate surface area is 95.1 Å². The first-order valence-electron chi connectivity index (χ1n) is 4.73. The molecule has 0 aliphatic carbocycles. The molecule has 0 aliphatic heterocycles. The zero-order valence-corrected chi connectivity index (χ0v) is 8.68. The van der Waals surface area contributed by atoms with Gasteiger partial charge < -0.3 is 0 Å². The van der Waals surface area contributed by atoms with Crippen LogP contribution in [0.1, 0.15) is 10.4 Å². The molecule has 5 nitrogen and oxygen atoms in total. The van der Waals surface area contributed by atoms with Gasteiger partial charge >= 0.3 is 0 Å². The van der Waals surface area contributed by atoms with Crippen molar-refractivity contribution in [2.75, 3.05) is 5.84 Å². The Bertz CT molecular complexity index is 567. The number of hydrogen-bond acceptors (Lipinski definition) is 3. The number of rotatable bonds is 3. The van der Waals surface area contributed by atoms with E-state index in [0.29, 0.717) is 6.07 Å². The summed E-state index contributed by atoms with van der Waals surface area (Å²) in [6.07, 6.45) is 2.67. The van der Waals surface area contributed by atoms with Gasteiger partial charge in [-0.2, -0.15) is 0 Å². The predicted molar refractivity (Wildman–Crippen MR) is 53.3 cm³/mol. The van der Waals surface area contributed by atoms with Gasteiger partial charge in [-0.05, 0) is 12.1 Å². The van der Waals surface area contributed by atoms with Crippen molar-refractivity contribution in [3.63, 3.8) is 0 Å². The largest absolute Gasteiger partial charge is 0.290 e. The first-order valence-corrected chi connectivity index (χ1v) is 4.73. The van der Waals surface area contributed by atoms with Gasteiger partial charge in [0.2, 0.25) is 12.1 Å². The Balaban J connectivity index is 2.20. The molecule has 1 heterocycles. The number of carbonyl (C=O) groups excluding carboxylic acids is 1. The Kier molecular flexibility index (Phi) is 2.82. The minimum absolute atomic E-state index is 0.160. The second kappa shape index (κ2) is 4.28. The predicted octanol–water partition coefficient (Wildman–Crippen LogP) is 0.0455. The first-order chi connectivity index (χ1) is 8.06. The number of aromatic nitrogens is 3. The van der Waals surface area contributed by atoms with Crippen molar-refractivity contribution in [3.05, 3.63) is 48.1 Å². The molecule has 1 aromatic heterocycles. The summed E-state index contributed by atoms with van der Waals surface area (Å²) in [5.41, 5.74) is -0.175. The minimum Gasteiger partial charge on any atom is -0.290 e. The molecule has 88 valence electrons. The summed E-state index contributed by atoms with van der Waals surface area (Å²) >= 11 is 0. The van der Waals surface area contributed by atoms with E-state index in [0.717, 1.165) is 16.8 Å². The average molecular weight is 239 g/mol. The van der Waals surface area contributed by atoms with E-state index in [9.17, 15) is 13.6 Å². The van der Waals surface area contributed by atoms with Crippen LogP contribution in [0.2, 0.25) is 0 Å². The molecule has 0 atom stereocenters. The zero-order chi connectivity index (χ0) is 12.4. The van der Waals surface area contributed by atoms with E-state index in [1.807, 2.05) is 0 Å². The van der Waals surface area contributed by atoms with Crippen LogP contribution in [0.4, 0.5) is 8.78 Å². The lowest BCUT2D eigenvalue weighted by atomic mass is 10.1. The lowest BCUT2D eigenvalue weighted by molar-refractivity contribution is -0.639. The quantitative estimate of drug-likeness (QED) is 0.467. The molecule has 0 spiro atoms. The molecule has 0 aliphatic rings. The van der Waals surface area contributed by atoms with Crippen molar-refractivity contribution in [2.24, 2.45) is 0 Å². The fourth-order valence-corrected chi connectivity index (χ4v) is 1.37. The number of nitrogens with zero attached hydrogens (tertiary/aromatic N) is 3. The molecule has 0 fully saturated rings. The van der Waals surface area contributed by atoms with E-state index in [1.165, 1.54) is 17.3 Å². The highest BCUT2D eigenvalue weighted by Gasteiger charge is 2.16. The Morgan fingerprint density at radius 1 is 1.47 bits per heavy atom. The van der Waals surface area contributed by atoms with Gasteiger partial charge in [-0.25, -0.2) is 8.78 Å². The Morgan fingerprint density at radius 2 is 2.24 bits per heavy atom. The second-order valence-electron chi connectivity index (χ2n) is 3.44. The van der Waals surface area contributed by atoms with Gasteiger partial charge in [0.05, 0.1) is 5.56 Å². The maximum atomic E-state index is 13.3. The van der Waals surface area contributed by atoms with E-state index in [-0.39, 0.29) is 12.1 Å². The summed E-state index contributed by atoms with van der Waals surface area (Å²) in [6.45, 7) is -0.160. The molecule has 17 heavy (non-hydrogen) atoms. The highest BCUT2D eigenvalue weighted by Crippen LogP contribution is 2.10. The van der Waals surface area contributed by atoms with E-state index < -0.39 is 17.4 Å². The lowest BCUT2D eigenvalue weighted by Gasteiger charge is -1.99. The van der Waals surface area contributed by atoms with Gasteiger partial charge in [0.15, 0.2) is 6.54 Å². The van der Waals surface area contributed by atoms with Gasteiger partial charge in [-0.3, -0.25) is 10.6 Å². The third-order valence-corrected chi connectivity index (χ3v) is 2.14. The lowest BCUT2D eigenvalue weighted by Crippen LogP contribution is -2.42. The molecule has 2 rings (SSSR count). The van der Waals surface area contributed by atoms with Crippen LogP contribution < -0.4 is 10.5 Å². The van der Waals surface area contributed by atoms with Gasteiger partial charge in [-0.1, -0.05) is 0 Å². The number of nitrogens with two attached hydrogens (primary N) is 1. The molecule has 0 saturated heterocycles. The molecular formula is C10H9F2N4O+. The number of hydrogen-bond donors (Lipinski definition) is 1. The standard InChI is InChI=1S/C10H9F2N4O/c11-7-1-2-8(9(12)3-7)10(17)4-16-6-15(13)5-14-16/h1-3,5-6H,4,13H2/q+1. The van der Waals surface area contributed by atoms with Crippen molar-refractivity contribution in [2.45, 2.75) is 6.54 Å². The first kappa shape index (κ1) is 11.2. The maximum Gasteiger partial charge on any atom is 0.286 e. The number of nitrogen functional groups attached to an aromatic ring is 1. The van der Waals surface area contributed by atoms with Gasteiger partial charge in [0.1, 0.15) is 11.6 Å². The average Bonchev–Trinajstić information content (AvgIpc) is 2.63. The van der Waals surface area contributed by atoms with Crippen LogP contribution in [0.3, 0.4) is 0 Å². The summed E-state index contributed by atoms with van der Waals surface area (Å²) in [4.78, 5) is 11.7. The third-order valence-electron chi connectivity index (χ3n) is 2.14. The van der Waals surface area contributed by atoms with E-state index in [4.69, 9.17) is 5.84 Å². The van der Waals surface area contributed by atoms with Crippen LogP contribution in [0.5, 0.6) is 0 Å². The molecule has 1 aromatic carbocycles. The monoisotopic (exact) mass is 239 g/mol. The number of carbonyl (C=O) groups is 1. The smallest absolute Gasteiger partial charge is 0.286 e. The van der Waals surface area contributed by atoms with Crippen molar-refractivity contribution >= 4 is 5.78 Å². The molecular weight excluding hydrogens is 230 g/mol. The summed E-state index contributed by atoms with van der Waals surface area (Å²) in [6, 6.07) is 2.80. The van der Waals surface area contributed by atoms with Gasteiger partial charge in [0, 0.05) is 11.2 Å². The summed E-state index contributed by atoms with van der Waals surface area (Å²) in [5.74, 6) is 3.22. The SMILES string of the molecule is N[n+]1cnn(CC(=O)c2ccc(F)cc2F)c1. The Hall–Kier alpha value is -2.31. The fourth-order valence-electron chi connectivity index (χ4n) is 1.37. The van der Waals surface area contributed by atoms with Crippen LogP contribution >= 0.6 is 0 Å². The molecule has 0 amide bonds. The number of ketones is 1. The maximum absolute atomic E-state index is 13.3. The fraction of sp³-hybridized carbons (Fsp3) is 0.100. The summed E-state index contributed by atoms with van der Waals surface area (Å²) in [5, 5.41) is 3.77. The van der Waals surface area contributed by atoms with Crippen LogP contribution in [0.15, 0.2) is 30.9 Å². The molecule has 7 heteroatoms. The van der Waals surface area contributed by atoms with Crippen molar-refractivity contribution < 1.29 is 18.3 Å². The molecule has 0 unspecified atom stereocenters. The highest BCUT2D eigenvalue weighted by atomic mass is 19.1. The van der Waals surface area contributed by atoms with E-state index >= 15 is 0 Å². The van der Waals surface area contributed by atoms with Crippen LogP contribution in [0, 0.1) is 11.6 Å². The third kappa shape index (κ3) is 2.44. The second-order valence-corrected chi connectivity index (χ2v) is 3.44. The molecule has 2 aromatic rings. The number of halogens is 2. The molecule has 0 bridgehead atoms. The van der Waals surface area contributed by atoms with E-state index in [1.54, 1.807) is 0 Å². The topological polar surface area (TPSA) is 64.8 Å². The van der Waals surface area contributed by atoms with Gasteiger partial charge in [0.25, 0.3) is 6.33 Å². The molecule has 0 saturated carbocycles.